The maximum absolute atomic E-state index is 12.8. The van der Waals surface area contributed by atoms with Crippen LogP contribution in [-0.4, -0.2) is 47.7 Å². The number of anilines is 3. The second-order valence-electron chi connectivity index (χ2n) is 6.81. The Labute approximate surface area is 167 Å². The van der Waals surface area contributed by atoms with Gasteiger partial charge in [0.2, 0.25) is 22.1 Å². The SMILES string of the molecule is CCOc1ccc(NC(=O)C2CCCN2c2nnc(N3CCCC3=O)s2)cc1. The first-order chi connectivity index (χ1) is 13.7. The third-order valence-electron chi connectivity index (χ3n) is 4.94. The van der Waals surface area contributed by atoms with E-state index in [4.69, 9.17) is 4.74 Å². The molecule has 0 aliphatic carbocycles. The normalized spacial score (nSPS) is 19.3. The molecule has 2 amide bonds. The maximum Gasteiger partial charge on any atom is 0.247 e. The van der Waals surface area contributed by atoms with Crippen LogP contribution in [0.15, 0.2) is 24.3 Å². The van der Waals surface area contributed by atoms with Gasteiger partial charge in [-0.25, -0.2) is 0 Å². The first kappa shape index (κ1) is 18.7. The minimum atomic E-state index is -0.290. The highest BCUT2D eigenvalue weighted by atomic mass is 32.1. The van der Waals surface area contributed by atoms with Gasteiger partial charge in [0, 0.05) is 25.2 Å². The molecule has 9 heteroatoms. The van der Waals surface area contributed by atoms with Gasteiger partial charge in [-0.1, -0.05) is 11.3 Å². The number of hydrogen-bond acceptors (Lipinski definition) is 7. The van der Waals surface area contributed by atoms with Crippen LogP contribution in [-0.2, 0) is 9.59 Å². The number of carbonyl (C=O) groups is 2. The van der Waals surface area contributed by atoms with Crippen molar-refractivity contribution in [2.24, 2.45) is 0 Å². The fourth-order valence-corrected chi connectivity index (χ4v) is 4.54. The van der Waals surface area contributed by atoms with Crippen molar-refractivity contribution in [2.75, 3.05) is 34.8 Å². The Hall–Kier alpha value is -2.68. The highest BCUT2D eigenvalue weighted by Crippen LogP contribution is 2.34. The highest BCUT2D eigenvalue weighted by Gasteiger charge is 2.34. The zero-order valence-electron chi connectivity index (χ0n) is 15.8. The molecule has 0 radical (unpaired) electrons. The molecular formula is C19H23N5O3S. The van der Waals surface area contributed by atoms with Crippen molar-refractivity contribution < 1.29 is 14.3 Å². The maximum atomic E-state index is 12.8. The largest absolute Gasteiger partial charge is 0.494 e. The molecule has 148 valence electrons. The lowest BCUT2D eigenvalue weighted by molar-refractivity contribution is -0.117. The van der Waals surface area contributed by atoms with Crippen LogP contribution in [0.1, 0.15) is 32.6 Å². The number of benzene rings is 1. The molecule has 1 atom stereocenters. The molecule has 2 aromatic rings. The Balaban J connectivity index is 1.43. The fourth-order valence-electron chi connectivity index (χ4n) is 3.58. The summed E-state index contributed by atoms with van der Waals surface area (Å²) in [6.45, 7) is 3.98. The summed E-state index contributed by atoms with van der Waals surface area (Å²) >= 11 is 1.38. The molecule has 1 aromatic heterocycles. The zero-order chi connectivity index (χ0) is 19.5. The van der Waals surface area contributed by atoms with E-state index in [-0.39, 0.29) is 17.9 Å². The van der Waals surface area contributed by atoms with Crippen LogP contribution in [0, 0.1) is 0 Å². The average molecular weight is 401 g/mol. The van der Waals surface area contributed by atoms with Gasteiger partial charge in [0.15, 0.2) is 0 Å². The molecule has 2 aliphatic heterocycles. The minimum Gasteiger partial charge on any atom is -0.494 e. The molecule has 4 rings (SSSR count). The summed E-state index contributed by atoms with van der Waals surface area (Å²) in [4.78, 5) is 28.4. The van der Waals surface area contributed by atoms with Crippen molar-refractivity contribution in [1.29, 1.82) is 0 Å². The number of ether oxygens (including phenoxy) is 1. The van der Waals surface area contributed by atoms with Gasteiger partial charge in [0.05, 0.1) is 6.61 Å². The summed E-state index contributed by atoms with van der Waals surface area (Å²) < 4.78 is 5.43. The second-order valence-corrected chi connectivity index (χ2v) is 7.75. The first-order valence-electron chi connectivity index (χ1n) is 9.60. The molecule has 3 heterocycles. The summed E-state index contributed by atoms with van der Waals surface area (Å²) in [6, 6.07) is 7.07. The molecule has 8 nitrogen and oxygen atoms in total. The van der Waals surface area contributed by atoms with E-state index in [1.165, 1.54) is 11.3 Å². The van der Waals surface area contributed by atoms with Gasteiger partial charge >= 0.3 is 0 Å². The number of nitrogens with one attached hydrogen (secondary N) is 1. The van der Waals surface area contributed by atoms with Crippen molar-refractivity contribution in [1.82, 2.24) is 10.2 Å². The van der Waals surface area contributed by atoms with Gasteiger partial charge in [-0.15, -0.1) is 10.2 Å². The van der Waals surface area contributed by atoms with Crippen molar-refractivity contribution in [2.45, 2.75) is 38.6 Å². The van der Waals surface area contributed by atoms with E-state index in [2.05, 4.69) is 15.5 Å². The standard InChI is InChI=1S/C19H23N5O3S/c1-2-27-14-9-7-13(8-10-14)20-17(26)15-5-3-11-23(15)18-21-22-19(28-18)24-12-4-6-16(24)25/h7-10,15H,2-6,11-12H2,1H3,(H,20,26). The molecule has 1 N–H and O–H groups in total. The summed E-state index contributed by atoms with van der Waals surface area (Å²) in [5.74, 6) is 0.811. The minimum absolute atomic E-state index is 0.0596. The van der Waals surface area contributed by atoms with Gasteiger partial charge in [-0.3, -0.25) is 14.5 Å². The highest BCUT2D eigenvalue weighted by molar-refractivity contribution is 7.19. The van der Waals surface area contributed by atoms with Crippen molar-refractivity contribution in [3.63, 3.8) is 0 Å². The van der Waals surface area contributed by atoms with Crippen molar-refractivity contribution in [3.8, 4) is 5.75 Å². The Bertz CT molecular complexity index is 854. The smallest absolute Gasteiger partial charge is 0.247 e. The molecule has 0 spiro atoms. The predicted octanol–water partition coefficient (Wildman–Crippen LogP) is 2.67. The van der Waals surface area contributed by atoms with E-state index in [0.29, 0.717) is 29.8 Å². The lowest BCUT2D eigenvalue weighted by Gasteiger charge is -2.22. The molecule has 0 bridgehead atoms. The molecule has 1 aromatic carbocycles. The van der Waals surface area contributed by atoms with Crippen LogP contribution < -0.4 is 19.9 Å². The number of hydrogen-bond donors (Lipinski definition) is 1. The van der Waals surface area contributed by atoms with Gasteiger partial charge in [0.1, 0.15) is 11.8 Å². The topological polar surface area (TPSA) is 87.7 Å². The molecular weight excluding hydrogens is 378 g/mol. The average Bonchev–Trinajstić information content (AvgIpc) is 3.43. The summed E-state index contributed by atoms with van der Waals surface area (Å²) in [5, 5.41) is 12.7. The Kier molecular flexibility index (Phi) is 5.43. The molecule has 2 fully saturated rings. The van der Waals surface area contributed by atoms with Crippen molar-refractivity contribution in [3.05, 3.63) is 24.3 Å². The van der Waals surface area contributed by atoms with E-state index < -0.39 is 0 Å². The fraction of sp³-hybridized carbons (Fsp3) is 0.474. The zero-order valence-corrected chi connectivity index (χ0v) is 16.6. The Morgan fingerprint density at radius 2 is 2.00 bits per heavy atom. The summed E-state index contributed by atoms with van der Waals surface area (Å²) in [7, 11) is 0. The third kappa shape index (κ3) is 3.80. The van der Waals surface area contributed by atoms with E-state index in [0.717, 1.165) is 37.2 Å². The van der Waals surface area contributed by atoms with Gasteiger partial charge in [-0.2, -0.15) is 0 Å². The molecule has 2 aliphatic rings. The number of nitrogens with zero attached hydrogens (tertiary/aromatic N) is 4. The predicted molar refractivity (Wildman–Crippen MR) is 108 cm³/mol. The van der Waals surface area contributed by atoms with E-state index in [1.807, 2.05) is 36.1 Å². The summed E-state index contributed by atoms with van der Waals surface area (Å²) in [6.07, 6.45) is 3.09. The van der Waals surface area contributed by atoms with E-state index >= 15 is 0 Å². The van der Waals surface area contributed by atoms with Crippen molar-refractivity contribution >= 4 is 39.1 Å². The quantitative estimate of drug-likeness (QED) is 0.801. The van der Waals surface area contributed by atoms with Crippen LogP contribution in [0.3, 0.4) is 0 Å². The molecule has 28 heavy (non-hydrogen) atoms. The van der Waals surface area contributed by atoms with Crippen LogP contribution >= 0.6 is 11.3 Å². The van der Waals surface area contributed by atoms with Crippen LogP contribution in [0.5, 0.6) is 5.75 Å². The van der Waals surface area contributed by atoms with Crippen LogP contribution in [0.4, 0.5) is 16.0 Å². The lowest BCUT2D eigenvalue weighted by atomic mass is 10.2. The number of amides is 2. The van der Waals surface area contributed by atoms with E-state index in [9.17, 15) is 9.59 Å². The van der Waals surface area contributed by atoms with Gasteiger partial charge < -0.3 is 15.0 Å². The monoisotopic (exact) mass is 401 g/mol. The lowest BCUT2D eigenvalue weighted by Crippen LogP contribution is -2.39. The third-order valence-corrected chi connectivity index (χ3v) is 5.93. The number of rotatable bonds is 6. The van der Waals surface area contributed by atoms with Gasteiger partial charge in [-0.05, 0) is 50.5 Å². The van der Waals surface area contributed by atoms with Crippen LogP contribution in [0.2, 0.25) is 0 Å². The van der Waals surface area contributed by atoms with Gasteiger partial charge in [0.25, 0.3) is 0 Å². The van der Waals surface area contributed by atoms with E-state index in [1.54, 1.807) is 4.90 Å². The van der Waals surface area contributed by atoms with Crippen LogP contribution in [0.25, 0.3) is 0 Å². The molecule has 2 saturated heterocycles. The number of carbonyl (C=O) groups excluding carboxylic acids is 2. The molecule has 1 unspecified atom stereocenters. The first-order valence-corrected chi connectivity index (χ1v) is 10.4. The second kappa shape index (κ2) is 8.14. The number of aromatic nitrogens is 2. The summed E-state index contributed by atoms with van der Waals surface area (Å²) in [5.41, 5.74) is 0.737. The Morgan fingerprint density at radius 3 is 2.71 bits per heavy atom. The molecule has 0 saturated carbocycles. The Morgan fingerprint density at radius 1 is 1.21 bits per heavy atom.